The Bertz CT molecular complexity index is 509. The summed E-state index contributed by atoms with van der Waals surface area (Å²) in [6.45, 7) is 2.09. The molecule has 0 spiro atoms. The van der Waals surface area contributed by atoms with Crippen molar-refractivity contribution in [2.24, 2.45) is 0 Å². The lowest BCUT2D eigenvalue weighted by atomic mass is 10.0. The van der Waals surface area contributed by atoms with E-state index in [1.54, 1.807) is 0 Å². The first-order valence-corrected chi connectivity index (χ1v) is 4.72. The molecule has 0 atom stereocenters. The van der Waals surface area contributed by atoms with Gasteiger partial charge in [-0.2, -0.15) is 0 Å². The Balaban J connectivity index is 2.82. The van der Waals surface area contributed by atoms with Crippen LogP contribution >= 0.6 is 0 Å². The number of diazo groups is 1. The first kappa shape index (κ1) is 8.71. The molecule has 0 unspecified atom stereocenters. The summed E-state index contributed by atoms with van der Waals surface area (Å²) in [5.74, 6) is 0. The maximum Gasteiger partial charge on any atom is 0.393 e. The zero-order valence-corrected chi connectivity index (χ0v) is 8.07. The lowest BCUT2D eigenvalue weighted by molar-refractivity contribution is 1.15. The molecule has 0 aliphatic rings. The zero-order chi connectivity index (χ0) is 9.97. The molecule has 0 saturated heterocycles. The van der Waals surface area contributed by atoms with Crippen LogP contribution in [0.4, 0.5) is 5.69 Å². The van der Waals surface area contributed by atoms with Crippen LogP contribution in [0.2, 0.25) is 0 Å². The molecule has 68 valence electrons. The third-order valence-corrected chi connectivity index (χ3v) is 2.42. The van der Waals surface area contributed by atoms with E-state index in [0.717, 1.165) is 17.2 Å². The largest absolute Gasteiger partial charge is 0.393 e. The van der Waals surface area contributed by atoms with Crippen molar-refractivity contribution in [3.05, 3.63) is 46.9 Å². The van der Waals surface area contributed by atoms with E-state index in [9.17, 15) is 0 Å². The van der Waals surface area contributed by atoms with Crippen LogP contribution < -0.4 is 0 Å². The van der Waals surface area contributed by atoms with Gasteiger partial charge in [0.25, 0.3) is 0 Å². The van der Waals surface area contributed by atoms with Gasteiger partial charge in [0.2, 0.25) is 5.39 Å². The zero-order valence-electron chi connectivity index (χ0n) is 8.07. The molecule has 0 aliphatic heterocycles. The predicted octanol–water partition coefficient (Wildman–Crippen LogP) is 3.89. The monoisotopic (exact) mass is 183 g/mol. The highest BCUT2D eigenvalue weighted by Gasteiger charge is 2.11. The van der Waals surface area contributed by atoms with Gasteiger partial charge in [0.05, 0.1) is 5.39 Å². The predicted molar refractivity (Wildman–Crippen MR) is 58.1 cm³/mol. The fourth-order valence-corrected chi connectivity index (χ4v) is 1.64. The van der Waals surface area contributed by atoms with Gasteiger partial charge in [-0.3, -0.25) is 0 Å². The Morgan fingerprint density at radius 3 is 2.71 bits per heavy atom. The maximum absolute atomic E-state index is 8.88. The summed E-state index contributed by atoms with van der Waals surface area (Å²) in [6.07, 6.45) is 0.952. The summed E-state index contributed by atoms with van der Waals surface area (Å²) >= 11 is 0. The molecule has 0 radical (unpaired) electrons. The highest BCUT2D eigenvalue weighted by Crippen LogP contribution is 2.27. The van der Waals surface area contributed by atoms with E-state index in [1.165, 1.54) is 5.56 Å². The SMILES string of the molecule is CCc1cc([N+]#N)c2ccccc2c1. The Morgan fingerprint density at radius 1 is 1.21 bits per heavy atom. The van der Waals surface area contributed by atoms with Crippen LogP contribution in [0.15, 0.2) is 36.4 Å². The molecular weight excluding hydrogens is 172 g/mol. The number of hydrogen-bond donors (Lipinski definition) is 0. The molecule has 2 aromatic rings. The lowest BCUT2D eigenvalue weighted by Gasteiger charge is -1.97. The molecule has 14 heavy (non-hydrogen) atoms. The fourth-order valence-electron chi connectivity index (χ4n) is 1.64. The third-order valence-electron chi connectivity index (χ3n) is 2.42. The van der Waals surface area contributed by atoms with Crippen molar-refractivity contribution < 1.29 is 0 Å². The molecule has 2 rings (SSSR count). The molecule has 0 amide bonds. The smallest absolute Gasteiger partial charge is 0.0616 e. The molecular formula is C12H11N2+. The maximum atomic E-state index is 8.88. The second-order valence-electron chi connectivity index (χ2n) is 3.29. The Morgan fingerprint density at radius 2 is 2.00 bits per heavy atom. The van der Waals surface area contributed by atoms with Crippen LogP contribution in [0.5, 0.6) is 0 Å². The fraction of sp³-hybridized carbons (Fsp3) is 0.167. The van der Waals surface area contributed by atoms with Gasteiger partial charge in [0.15, 0.2) is 4.98 Å². The lowest BCUT2D eigenvalue weighted by Crippen LogP contribution is -1.80. The molecule has 0 bridgehead atoms. The third kappa shape index (κ3) is 1.33. The van der Waals surface area contributed by atoms with E-state index in [2.05, 4.69) is 18.0 Å². The minimum absolute atomic E-state index is 0.653. The number of hydrogen-bond acceptors (Lipinski definition) is 1. The summed E-state index contributed by atoms with van der Waals surface area (Å²) in [4.78, 5) is 3.31. The van der Waals surface area contributed by atoms with Crippen molar-refractivity contribution in [3.8, 4) is 0 Å². The highest BCUT2D eigenvalue weighted by atomic mass is 14.8. The van der Waals surface area contributed by atoms with Gasteiger partial charge in [-0.25, -0.2) is 0 Å². The Labute approximate surface area is 82.8 Å². The second kappa shape index (κ2) is 3.47. The molecule has 0 aromatic heterocycles. The number of rotatable bonds is 1. The molecule has 0 fully saturated rings. The van der Waals surface area contributed by atoms with Gasteiger partial charge in [0.1, 0.15) is 0 Å². The minimum Gasteiger partial charge on any atom is -0.0616 e. The summed E-state index contributed by atoms with van der Waals surface area (Å²) in [5.41, 5.74) is 1.84. The summed E-state index contributed by atoms with van der Waals surface area (Å²) in [5, 5.41) is 11.0. The van der Waals surface area contributed by atoms with Gasteiger partial charge in [-0.15, -0.1) is 0 Å². The van der Waals surface area contributed by atoms with Gasteiger partial charge in [0, 0.05) is 6.07 Å². The molecule has 2 heteroatoms. The molecule has 0 heterocycles. The van der Waals surface area contributed by atoms with Gasteiger partial charge < -0.3 is 0 Å². The van der Waals surface area contributed by atoms with Crippen molar-refractivity contribution >= 4 is 16.5 Å². The van der Waals surface area contributed by atoms with Gasteiger partial charge >= 0.3 is 5.69 Å². The summed E-state index contributed by atoms with van der Waals surface area (Å²) in [6, 6.07) is 12.0. The number of aryl methyl sites for hydroxylation is 1. The number of fused-ring (bicyclic) bond motifs is 1. The molecule has 0 saturated carbocycles. The van der Waals surface area contributed by atoms with E-state index in [4.69, 9.17) is 5.39 Å². The van der Waals surface area contributed by atoms with Crippen molar-refractivity contribution in [1.29, 1.82) is 5.39 Å². The van der Waals surface area contributed by atoms with Crippen molar-refractivity contribution in [3.63, 3.8) is 0 Å². The van der Waals surface area contributed by atoms with E-state index in [1.807, 2.05) is 30.3 Å². The van der Waals surface area contributed by atoms with Gasteiger partial charge in [-0.05, 0) is 23.4 Å². The average Bonchev–Trinajstić information content (AvgIpc) is 2.27. The van der Waals surface area contributed by atoms with Crippen LogP contribution in [0, 0.1) is 5.39 Å². The Hall–Kier alpha value is -1.88. The minimum atomic E-state index is 0.653. The van der Waals surface area contributed by atoms with Crippen molar-refractivity contribution in [2.45, 2.75) is 13.3 Å². The number of benzene rings is 2. The summed E-state index contributed by atoms with van der Waals surface area (Å²) in [7, 11) is 0. The first-order chi connectivity index (χ1) is 6.85. The summed E-state index contributed by atoms with van der Waals surface area (Å²) < 4.78 is 0. The second-order valence-corrected chi connectivity index (χ2v) is 3.29. The van der Waals surface area contributed by atoms with Crippen LogP contribution in [-0.2, 0) is 6.42 Å². The molecule has 0 aliphatic carbocycles. The molecule has 0 N–H and O–H groups in total. The topological polar surface area (TPSA) is 28.1 Å². The van der Waals surface area contributed by atoms with E-state index in [-0.39, 0.29) is 0 Å². The first-order valence-electron chi connectivity index (χ1n) is 4.72. The normalized spacial score (nSPS) is 10.0. The van der Waals surface area contributed by atoms with Crippen molar-refractivity contribution in [2.75, 3.05) is 0 Å². The average molecular weight is 183 g/mol. The van der Waals surface area contributed by atoms with E-state index >= 15 is 0 Å². The molecule has 2 aromatic carbocycles. The standard InChI is InChI=1S/C12H11N2/c1-2-9-7-10-5-3-4-6-11(10)12(8-9)14-13/h3-8H,2H2,1H3/q+1. The quantitative estimate of drug-likeness (QED) is 0.616. The van der Waals surface area contributed by atoms with Gasteiger partial charge in [-0.1, -0.05) is 31.2 Å². The van der Waals surface area contributed by atoms with Crippen LogP contribution in [0.3, 0.4) is 0 Å². The molecule has 2 nitrogen and oxygen atoms in total. The van der Waals surface area contributed by atoms with E-state index in [0.29, 0.717) is 5.69 Å². The highest BCUT2D eigenvalue weighted by molar-refractivity contribution is 5.94. The van der Waals surface area contributed by atoms with Crippen LogP contribution in [0.25, 0.3) is 15.7 Å². The van der Waals surface area contributed by atoms with Crippen molar-refractivity contribution in [1.82, 2.24) is 0 Å². The van der Waals surface area contributed by atoms with Crippen LogP contribution in [0.1, 0.15) is 12.5 Å². The Kier molecular flexibility index (Phi) is 2.16. The van der Waals surface area contributed by atoms with E-state index < -0.39 is 0 Å². The van der Waals surface area contributed by atoms with Crippen LogP contribution in [-0.4, -0.2) is 0 Å². The number of nitrogens with zero attached hydrogens (tertiary/aromatic N) is 2.